The second-order valence-corrected chi connectivity index (χ2v) is 6.57. The van der Waals surface area contributed by atoms with Gasteiger partial charge in [-0.25, -0.2) is 9.59 Å². The molecule has 0 heterocycles. The molecule has 0 spiro atoms. The largest absolute Gasteiger partial charge is 0.480 e. The lowest BCUT2D eigenvalue weighted by Crippen LogP contribution is -2.29. The molecule has 0 bridgehead atoms. The Balaban J connectivity index is 2.25. The van der Waals surface area contributed by atoms with Crippen LogP contribution in [0.3, 0.4) is 0 Å². The lowest BCUT2D eigenvalue weighted by Gasteiger charge is -2.21. The molecule has 3 N–H and O–H groups in total. The summed E-state index contributed by atoms with van der Waals surface area (Å²) in [6, 6.07) is 11.4. The quantitative estimate of drug-likeness (QED) is 0.599. The van der Waals surface area contributed by atoms with E-state index in [4.69, 9.17) is 10.2 Å². The molecule has 0 saturated heterocycles. The summed E-state index contributed by atoms with van der Waals surface area (Å²) < 4.78 is 0.904. The van der Waals surface area contributed by atoms with E-state index in [0.29, 0.717) is 12.1 Å². The maximum absolute atomic E-state index is 11.3. The fraction of sp³-hybridized carbons (Fsp3) is 0.167. The van der Waals surface area contributed by atoms with Crippen molar-refractivity contribution in [1.29, 1.82) is 0 Å². The van der Waals surface area contributed by atoms with E-state index in [2.05, 4.69) is 15.9 Å². The molecule has 7 nitrogen and oxygen atoms in total. The van der Waals surface area contributed by atoms with E-state index in [1.54, 1.807) is 4.90 Å². The molecular formula is C18H16BrNO6. The van der Waals surface area contributed by atoms with Crippen LogP contribution in [-0.2, 0) is 17.9 Å². The monoisotopic (exact) mass is 421 g/mol. The number of benzene rings is 2. The maximum atomic E-state index is 11.3. The Morgan fingerprint density at radius 2 is 1.35 bits per heavy atom. The van der Waals surface area contributed by atoms with Gasteiger partial charge >= 0.3 is 17.9 Å². The first-order valence-electron chi connectivity index (χ1n) is 7.54. The summed E-state index contributed by atoms with van der Waals surface area (Å²) in [4.78, 5) is 35.2. The first-order chi connectivity index (χ1) is 12.3. The van der Waals surface area contributed by atoms with Crippen LogP contribution >= 0.6 is 15.9 Å². The zero-order valence-electron chi connectivity index (χ0n) is 13.6. The minimum atomic E-state index is -1.35. The lowest BCUT2D eigenvalue weighted by atomic mass is 10.0. The predicted octanol–water partition coefficient (Wildman–Crippen LogP) is 2.93. The van der Waals surface area contributed by atoms with Crippen molar-refractivity contribution in [3.63, 3.8) is 0 Å². The van der Waals surface area contributed by atoms with E-state index in [-0.39, 0.29) is 24.2 Å². The number of halogens is 1. The summed E-state index contributed by atoms with van der Waals surface area (Å²) in [7, 11) is 0. The van der Waals surface area contributed by atoms with Crippen molar-refractivity contribution in [3.8, 4) is 0 Å². The molecule has 8 heteroatoms. The topological polar surface area (TPSA) is 115 Å². The van der Waals surface area contributed by atoms with Gasteiger partial charge in [0.1, 0.15) is 0 Å². The van der Waals surface area contributed by atoms with Crippen LogP contribution in [0.5, 0.6) is 0 Å². The average molecular weight is 422 g/mol. The first kappa shape index (κ1) is 19.6. The number of carbonyl (C=O) groups is 3. The molecule has 0 saturated carbocycles. The Labute approximate surface area is 157 Å². The molecule has 0 aliphatic carbocycles. The van der Waals surface area contributed by atoms with Crippen molar-refractivity contribution in [1.82, 2.24) is 4.90 Å². The zero-order valence-corrected chi connectivity index (χ0v) is 15.1. The van der Waals surface area contributed by atoms with Crippen molar-refractivity contribution in [2.24, 2.45) is 0 Å². The average Bonchev–Trinajstić information content (AvgIpc) is 2.56. The van der Waals surface area contributed by atoms with Gasteiger partial charge in [0.15, 0.2) is 0 Å². The molecule has 136 valence electrons. The van der Waals surface area contributed by atoms with Crippen LogP contribution in [0.4, 0.5) is 0 Å². The fourth-order valence-corrected chi connectivity index (χ4v) is 2.78. The van der Waals surface area contributed by atoms with Gasteiger partial charge < -0.3 is 15.3 Å². The predicted molar refractivity (Wildman–Crippen MR) is 96.3 cm³/mol. The van der Waals surface area contributed by atoms with Crippen molar-refractivity contribution in [3.05, 3.63) is 69.2 Å². The number of aliphatic carboxylic acids is 1. The molecule has 0 atom stereocenters. The summed E-state index contributed by atoms with van der Waals surface area (Å²) in [6.45, 7) is 0.282. The number of carboxylic acids is 3. The molecule has 0 unspecified atom stereocenters. The van der Waals surface area contributed by atoms with Gasteiger partial charge in [0.25, 0.3) is 0 Å². The van der Waals surface area contributed by atoms with Gasteiger partial charge in [-0.2, -0.15) is 0 Å². The molecule has 2 aromatic rings. The van der Waals surface area contributed by atoms with Gasteiger partial charge in [0.2, 0.25) is 0 Å². The Bertz CT molecular complexity index is 834. The minimum absolute atomic E-state index is 0.169. The summed E-state index contributed by atoms with van der Waals surface area (Å²) >= 11 is 3.33. The molecule has 0 amide bonds. The smallest absolute Gasteiger partial charge is 0.336 e. The molecule has 0 radical (unpaired) electrons. The Kier molecular flexibility index (Phi) is 6.48. The lowest BCUT2D eigenvalue weighted by molar-refractivity contribution is -0.138. The third-order valence-electron chi connectivity index (χ3n) is 3.63. The Morgan fingerprint density at radius 3 is 1.88 bits per heavy atom. The van der Waals surface area contributed by atoms with Gasteiger partial charge in [-0.3, -0.25) is 9.69 Å². The van der Waals surface area contributed by atoms with Gasteiger partial charge in [-0.15, -0.1) is 0 Å². The van der Waals surface area contributed by atoms with E-state index in [1.807, 2.05) is 24.3 Å². The summed E-state index contributed by atoms with van der Waals surface area (Å²) in [6.07, 6.45) is 0. The maximum Gasteiger partial charge on any atom is 0.336 e. The number of carboxylic acid groups (broad SMARTS) is 3. The van der Waals surface area contributed by atoms with Crippen LogP contribution in [0.25, 0.3) is 0 Å². The van der Waals surface area contributed by atoms with Crippen molar-refractivity contribution in [2.45, 2.75) is 13.1 Å². The SMILES string of the molecule is O=C(O)CN(Cc1ccc(Br)cc1)Cc1ccc(C(=O)O)c(C(=O)O)c1. The first-order valence-corrected chi connectivity index (χ1v) is 8.33. The molecule has 0 aliphatic heterocycles. The van der Waals surface area contributed by atoms with E-state index < -0.39 is 17.9 Å². The minimum Gasteiger partial charge on any atom is -0.480 e. The van der Waals surface area contributed by atoms with Crippen LogP contribution in [0.2, 0.25) is 0 Å². The molecule has 0 aliphatic rings. The summed E-state index contributed by atoms with van der Waals surface area (Å²) in [5, 5.41) is 27.4. The standard InChI is InChI=1S/C18H16BrNO6/c19-13-4-1-11(2-5-13)8-20(10-16(21)22)9-12-3-6-14(17(23)24)15(7-12)18(25)26/h1-7H,8-10H2,(H,21,22)(H,23,24)(H,25,26). The molecular weight excluding hydrogens is 406 g/mol. The van der Waals surface area contributed by atoms with Crippen LogP contribution < -0.4 is 0 Å². The van der Waals surface area contributed by atoms with E-state index in [9.17, 15) is 19.5 Å². The highest BCUT2D eigenvalue weighted by Crippen LogP contribution is 2.17. The number of hydrogen-bond acceptors (Lipinski definition) is 4. The fourth-order valence-electron chi connectivity index (χ4n) is 2.52. The van der Waals surface area contributed by atoms with Crippen molar-refractivity contribution < 1.29 is 29.7 Å². The molecule has 26 heavy (non-hydrogen) atoms. The van der Waals surface area contributed by atoms with E-state index in [1.165, 1.54) is 18.2 Å². The third-order valence-corrected chi connectivity index (χ3v) is 4.16. The van der Waals surface area contributed by atoms with Crippen LogP contribution in [0.1, 0.15) is 31.8 Å². The highest BCUT2D eigenvalue weighted by atomic mass is 79.9. The van der Waals surface area contributed by atoms with Gasteiger partial charge in [0.05, 0.1) is 17.7 Å². The Morgan fingerprint density at radius 1 is 0.808 bits per heavy atom. The molecule has 2 rings (SSSR count). The highest BCUT2D eigenvalue weighted by molar-refractivity contribution is 9.10. The zero-order chi connectivity index (χ0) is 19.3. The van der Waals surface area contributed by atoms with Crippen LogP contribution in [0, 0.1) is 0 Å². The molecule has 0 aromatic heterocycles. The third kappa shape index (κ3) is 5.40. The van der Waals surface area contributed by atoms with Crippen LogP contribution in [0.15, 0.2) is 46.9 Å². The van der Waals surface area contributed by atoms with Crippen LogP contribution in [-0.4, -0.2) is 44.7 Å². The second-order valence-electron chi connectivity index (χ2n) is 5.66. The van der Waals surface area contributed by atoms with E-state index in [0.717, 1.165) is 10.0 Å². The number of rotatable bonds is 8. The van der Waals surface area contributed by atoms with Gasteiger partial charge in [-0.1, -0.05) is 34.1 Å². The summed E-state index contributed by atoms with van der Waals surface area (Å²) in [5.74, 6) is -3.68. The van der Waals surface area contributed by atoms with Gasteiger partial charge in [0, 0.05) is 17.6 Å². The molecule has 2 aromatic carbocycles. The van der Waals surface area contributed by atoms with Crippen molar-refractivity contribution >= 4 is 33.8 Å². The van der Waals surface area contributed by atoms with Gasteiger partial charge in [-0.05, 0) is 35.4 Å². The Hall–Kier alpha value is -2.71. The number of nitrogens with zero attached hydrogens (tertiary/aromatic N) is 1. The molecule has 0 fully saturated rings. The van der Waals surface area contributed by atoms with Crippen molar-refractivity contribution in [2.75, 3.05) is 6.54 Å². The number of aromatic carboxylic acids is 2. The highest BCUT2D eigenvalue weighted by Gasteiger charge is 2.18. The number of hydrogen-bond donors (Lipinski definition) is 3. The normalized spacial score (nSPS) is 10.7. The second kappa shape index (κ2) is 8.59. The van der Waals surface area contributed by atoms with E-state index >= 15 is 0 Å². The summed E-state index contributed by atoms with van der Waals surface area (Å²) in [5.41, 5.74) is 0.786.